The maximum Gasteiger partial charge on any atom is 0.243 e. The van der Waals surface area contributed by atoms with Crippen molar-refractivity contribution >= 4 is 16.2 Å². The van der Waals surface area contributed by atoms with Gasteiger partial charge in [-0.2, -0.15) is 4.31 Å². The van der Waals surface area contributed by atoms with Crippen molar-refractivity contribution in [2.45, 2.75) is 50.5 Å². The Kier molecular flexibility index (Phi) is 4.92. The van der Waals surface area contributed by atoms with Gasteiger partial charge in [-0.3, -0.25) is 0 Å². The molecule has 122 valence electrons. The van der Waals surface area contributed by atoms with Gasteiger partial charge < -0.3 is 5.21 Å². The second kappa shape index (κ2) is 6.38. The van der Waals surface area contributed by atoms with E-state index >= 15 is 0 Å². The minimum Gasteiger partial charge on any atom is -0.623 e. The summed E-state index contributed by atoms with van der Waals surface area (Å²) in [5, 5.41) is 12.1. The predicted octanol–water partition coefficient (Wildman–Crippen LogP) is 2.59. The summed E-state index contributed by atoms with van der Waals surface area (Å²) in [4.78, 5) is 0.210. The van der Waals surface area contributed by atoms with Gasteiger partial charge in [0.25, 0.3) is 0 Å². The van der Waals surface area contributed by atoms with Gasteiger partial charge in [-0.05, 0) is 25.0 Å². The van der Waals surface area contributed by atoms with E-state index in [4.69, 9.17) is 0 Å². The van der Waals surface area contributed by atoms with Gasteiger partial charge in [0.2, 0.25) is 10.0 Å². The number of hydroxylamine groups is 1. The average molecular weight is 324 g/mol. The molecular weight excluding hydrogens is 300 g/mol. The average Bonchev–Trinajstić information content (AvgIpc) is 2.47. The molecule has 6 heteroatoms. The third kappa shape index (κ3) is 3.67. The molecule has 1 aliphatic heterocycles. The van der Waals surface area contributed by atoms with Crippen molar-refractivity contribution in [2.24, 2.45) is 0 Å². The van der Waals surface area contributed by atoms with Crippen molar-refractivity contribution in [1.29, 1.82) is 0 Å². The van der Waals surface area contributed by atoms with Gasteiger partial charge in [0.15, 0.2) is 11.8 Å². The Bertz CT molecular complexity index is 654. The number of rotatable bonds is 3. The lowest BCUT2D eigenvalue weighted by Crippen LogP contribution is -2.36. The minimum absolute atomic E-state index is 0.210. The molecule has 0 saturated carbocycles. The van der Waals surface area contributed by atoms with Crippen molar-refractivity contribution < 1.29 is 13.2 Å². The van der Waals surface area contributed by atoms with E-state index in [1.807, 2.05) is 0 Å². The van der Waals surface area contributed by atoms with Crippen LogP contribution in [0.3, 0.4) is 0 Å². The topological polar surface area (TPSA) is 63.5 Å². The zero-order valence-corrected chi connectivity index (χ0v) is 14.3. The maximum atomic E-state index is 12.8. The molecule has 5 nitrogen and oxygen atoms in total. The number of nitrogens with zero attached hydrogens (tertiary/aromatic N) is 2. The largest absolute Gasteiger partial charge is 0.623 e. The molecule has 1 fully saturated rings. The smallest absolute Gasteiger partial charge is 0.243 e. The van der Waals surface area contributed by atoms with Crippen LogP contribution < -0.4 is 0 Å². The third-order valence-electron chi connectivity index (χ3n) is 3.77. The third-order valence-corrected chi connectivity index (χ3v) is 5.74. The maximum absolute atomic E-state index is 12.8. The van der Waals surface area contributed by atoms with E-state index in [1.165, 1.54) is 10.5 Å². The molecule has 2 rings (SSSR count). The van der Waals surface area contributed by atoms with Gasteiger partial charge in [0.05, 0.1) is 10.5 Å². The normalized spacial score (nSPS) is 18.4. The van der Waals surface area contributed by atoms with E-state index in [0.29, 0.717) is 18.7 Å². The molecule has 0 aromatic heterocycles. The molecule has 1 heterocycles. The molecule has 0 atom stereocenters. The van der Waals surface area contributed by atoms with E-state index in [1.54, 1.807) is 45.0 Å². The monoisotopic (exact) mass is 324 g/mol. The lowest BCUT2D eigenvalue weighted by molar-refractivity contribution is -0.530. The molecule has 0 N–H and O–H groups in total. The Morgan fingerprint density at radius 3 is 2.32 bits per heavy atom. The minimum atomic E-state index is -3.55. The van der Waals surface area contributed by atoms with Crippen molar-refractivity contribution in [3.8, 4) is 0 Å². The summed E-state index contributed by atoms with van der Waals surface area (Å²) < 4.78 is 28.0. The Balaban J connectivity index is 2.44. The fraction of sp³-hybridized carbons (Fsp3) is 0.562. The second-order valence-corrected chi connectivity index (χ2v) is 8.53. The van der Waals surface area contributed by atoms with Crippen LogP contribution in [0.25, 0.3) is 0 Å². The number of hydrogen-bond acceptors (Lipinski definition) is 3. The fourth-order valence-electron chi connectivity index (χ4n) is 2.39. The van der Waals surface area contributed by atoms with Crippen LogP contribution in [0.4, 0.5) is 0 Å². The molecule has 1 saturated heterocycles. The van der Waals surface area contributed by atoms with Crippen molar-refractivity contribution in [3.05, 3.63) is 35.0 Å². The summed E-state index contributed by atoms with van der Waals surface area (Å²) in [5.74, 6) is 0. The van der Waals surface area contributed by atoms with E-state index in [9.17, 15) is 13.6 Å². The van der Waals surface area contributed by atoms with Crippen LogP contribution in [0, 0.1) is 5.21 Å². The molecule has 1 aliphatic rings. The van der Waals surface area contributed by atoms with Crippen molar-refractivity contribution in [3.63, 3.8) is 0 Å². The highest BCUT2D eigenvalue weighted by atomic mass is 32.2. The lowest BCUT2D eigenvalue weighted by atomic mass is 10.1. The van der Waals surface area contributed by atoms with E-state index in [-0.39, 0.29) is 4.90 Å². The first-order valence-electron chi connectivity index (χ1n) is 7.63. The SMILES string of the molecule is CC(C)(C)/[N+]([O-])=C/c1ccccc1S(=O)(=O)N1CCCCC1. The predicted molar refractivity (Wildman–Crippen MR) is 87.6 cm³/mol. The summed E-state index contributed by atoms with van der Waals surface area (Å²) in [6.45, 7) is 6.48. The first-order valence-corrected chi connectivity index (χ1v) is 9.07. The van der Waals surface area contributed by atoms with Gasteiger partial charge >= 0.3 is 0 Å². The zero-order valence-electron chi connectivity index (χ0n) is 13.4. The van der Waals surface area contributed by atoms with Crippen LogP contribution in [0.5, 0.6) is 0 Å². The quantitative estimate of drug-likeness (QED) is 0.371. The highest BCUT2D eigenvalue weighted by Gasteiger charge is 2.29. The van der Waals surface area contributed by atoms with Gasteiger partial charge in [0.1, 0.15) is 0 Å². The lowest BCUT2D eigenvalue weighted by Gasteiger charge is -2.26. The Hall–Kier alpha value is -1.40. The molecule has 0 radical (unpaired) electrons. The molecular formula is C16H24N2O3S. The molecule has 1 aromatic rings. The number of piperidine rings is 1. The highest BCUT2D eigenvalue weighted by molar-refractivity contribution is 7.89. The van der Waals surface area contributed by atoms with Gasteiger partial charge in [-0.25, -0.2) is 13.2 Å². The summed E-state index contributed by atoms with van der Waals surface area (Å²) in [6, 6.07) is 6.69. The van der Waals surface area contributed by atoms with E-state index < -0.39 is 15.6 Å². The van der Waals surface area contributed by atoms with Crippen LogP contribution in [0.2, 0.25) is 0 Å². The van der Waals surface area contributed by atoms with Crippen molar-refractivity contribution in [1.82, 2.24) is 4.31 Å². The summed E-state index contributed by atoms with van der Waals surface area (Å²) in [7, 11) is -3.55. The van der Waals surface area contributed by atoms with Crippen molar-refractivity contribution in [2.75, 3.05) is 13.1 Å². The standard InChI is InChI=1S/C16H24N2O3S/c1-16(2,3)18(19)13-14-9-5-6-10-15(14)22(20,21)17-11-7-4-8-12-17/h5-6,9-10,13H,4,7-8,11-12H2,1-3H3/b18-13-. The van der Waals surface area contributed by atoms with Crippen LogP contribution in [0.1, 0.15) is 45.6 Å². The van der Waals surface area contributed by atoms with Crippen LogP contribution in [-0.2, 0) is 10.0 Å². The zero-order chi connectivity index (χ0) is 16.4. The van der Waals surface area contributed by atoms with Gasteiger partial charge in [-0.1, -0.05) is 18.6 Å². The Morgan fingerprint density at radius 1 is 1.14 bits per heavy atom. The van der Waals surface area contributed by atoms with E-state index in [0.717, 1.165) is 24.0 Å². The highest BCUT2D eigenvalue weighted by Crippen LogP contribution is 2.23. The van der Waals surface area contributed by atoms with Crippen LogP contribution >= 0.6 is 0 Å². The summed E-state index contributed by atoms with van der Waals surface area (Å²) >= 11 is 0. The number of benzene rings is 1. The molecule has 0 aliphatic carbocycles. The molecule has 0 spiro atoms. The van der Waals surface area contributed by atoms with Gasteiger partial charge in [-0.15, -0.1) is 0 Å². The van der Waals surface area contributed by atoms with Gasteiger partial charge in [0, 0.05) is 33.9 Å². The molecule has 1 aromatic carbocycles. The summed E-state index contributed by atoms with van der Waals surface area (Å²) in [6.07, 6.45) is 4.22. The molecule has 0 unspecified atom stereocenters. The Labute approximate surface area is 132 Å². The number of hydrogen-bond donors (Lipinski definition) is 0. The molecule has 22 heavy (non-hydrogen) atoms. The Morgan fingerprint density at radius 2 is 1.73 bits per heavy atom. The fourth-order valence-corrected chi connectivity index (χ4v) is 4.07. The first kappa shape index (κ1) is 17.0. The first-order chi connectivity index (χ1) is 10.2. The number of sulfonamides is 1. The molecule has 0 amide bonds. The second-order valence-electron chi connectivity index (χ2n) is 6.63. The van der Waals surface area contributed by atoms with E-state index in [2.05, 4.69) is 0 Å². The van der Waals surface area contributed by atoms with Crippen LogP contribution in [0.15, 0.2) is 29.2 Å². The summed E-state index contributed by atoms with van der Waals surface area (Å²) in [5.41, 5.74) is -0.167. The molecule has 0 bridgehead atoms. The van der Waals surface area contributed by atoms with Crippen LogP contribution in [-0.4, -0.2) is 42.3 Å².